The van der Waals surface area contributed by atoms with Gasteiger partial charge < -0.3 is 26.4 Å². The van der Waals surface area contributed by atoms with Gasteiger partial charge in [0.25, 0.3) is 5.91 Å². The predicted molar refractivity (Wildman–Crippen MR) is 105 cm³/mol. The van der Waals surface area contributed by atoms with Gasteiger partial charge in [-0.05, 0) is 36.6 Å². The number of aryl methyl sites for hydroxylation is 1. The summed E-state index contributed by atoms with van der Waals surface area (Å²) in [4.78, 5) is 26.7. The van der Waals surface area contributed by atoms with Gasteiger partial charge in [0.2, 0.25) is 6.41 Å². The molecule has 9 heteroatoms. The fraction of sp³-hybridized carbons (Fsp3) is 0.316. The lowest BCUT2D eigenvalue weighted by Gasteiger charge is -2.23. The van der Waals surface area contributed by atoms with Crippen LogP contribution in [-0.2, 0) is 4.79 Å². The number of nitrogens with zero attached hydrogens (tertiary/aromatic N) is 1. The molecule has 2 amide bonds. The number of primary amides is 1. The Balaban J connectivity index is 2.45. The predicted octanol–water partition coefficient (Wildman–Crippen LogP) is 2.52. The highest BCUT2D eigenvalue weighted by atomic mass is 19.1. The molecule has 1 heterocycles. The molecule has 0 saturated carbocycles. The summed E-state index contributed by atoms with van der Waals surface area (Å²) in [6, 6.07) is 6.37. The van der Waals surface area contributed by atoms with E-state index in [1.165, 1.54) is 7.11 Å². The van der Waals surface area contributed by atoms with Crippen molar-refractivity contribution in [3.05, 3.63) is 41.2 Å². The normalized spacial score (nSPS) is 11.6. The molecule has 8 nitrogen and oxygen atoms in total. The van der Waals surface area contributed by atoms with Crippen molar-refractivity contribution >= 4 is 29.6 Å². The third-order valence-electron chi connectivity index (χ3n) is 4.00. The molecule has 28 heavy (non-hydrogen) atoms. The number of pyridine rings is 1. The van der Waals surface area contributed by atoms with Gasteiger partial charge in [-0.1, -0.05) is 13.8 Å². The van der Waals surface area contributed by atoms with Crippen molar-refractivity contribution in [1.82, 2.24) is 10.3 Å². The van der Waals surface area contributed by atoms with Crippen molar-refractivity contribution in [3.63, 3.8) is 0 Å². The number of anilines is 3. The molecule has 0 fully saturated rings. The number of halogens is 1. The Hall–Kier alpha value is -3.36. The minimum absolute atomic E-state index is 0.0420. The van der Waals surface area contributed by atoms with Gasteiger partial charge in [-0.2, -0.15) is 0 Å². The van der Waals surface area contributed by atoms with E-state index in [2.05, 4.69) is 20.9 Å². The lowest BCUT2D eigenvalue weighted by molar-refractivity contribution is -0.110. The number of hydrogen-bond donors (Lipinski definition) is 4. The average molecular weight is 389 g/mol. The van der Waals surface area contributed by atoms with Gasteiger partial charge in [-0.25, -0.2) is 9.37 Å². The molecule has 2 rings (SSSR count). The molecule has 5 N–H and O–H groups in total. The molecule has 1 atom stereocenters. The molecule has 2 aromatic rings. The minimum atomic E-state index is -0.827. The summed E-state index contributed by atoms with van der Waals surface area (Å²) in [6.07, 6.45) is -0.0308. The smallest absolute Gasteiger partial charge is 0.252 e. The number of nitrogens with two attached hydrogens (primary N) is 1. The monoisotopic (exact) mass is 389 g/mol. The number of hydrogen-bond acceptors (Lipinski definition) is 6. The Morgan fingerprint density at radius 1 is 1.25 bits per heavy atom. The molecule has 1 aromatic carbocycles. The zero-order valence-electron chi connectivity index (χ0n) is 16.2. The second kappa shape index (κ2) is 9.03. The van der Waals surface area contributed by atoms with E-state index in [4.69, 9.17) is 10.5 Å². The van der Waals surface area contributed by atoms with Crippen molar-refractivity contribution in [3.8, 4) is 5.75 Å². The lowest BCUT2D eigenvalue weighted by Crippen LogP contribution is -2.40. The largest absolute Gasteiger partial charge is 0.497 e. The third kappa shape index (κ3) is 5.09. The van der Waals surface area contributed by atoms with Crippen LogP contribution < -0.4 is 26.4 Å². The highest BCUT2D eigenvalue weighted by Crippen LogP contribution is 2.27. The molecule has 0 aliphatic heterocycles. The minimum Gasteiger partial charge on any atom is -0.497 e. The van der Waals surface area contributed by atoms with E-state index >= 15 is 0 Å². The number of benzene rings is 1. The molecule has 0 aliphatic carbocycles. The van der Waals surface area contributed by atoms with Crippen LogP contribution in [0.3, 0.4) is 0 Å². The first-order valence-corrected chi connectivity index (χ1v) is 8.64. The van der Waals surface area contributed by atoms with E-state index in [0.29, 0.717) is 17.8 Å². The van der Waals surface area contributed by atoms with Crippen molar-refractivity contribution in [2.24, 2.45) is 11.7 Å². The van der Waals surface area contributed by atoms with Crippen LogP contribution in [-0.4, -0.2) is 30.6 Å². The first kappa shape index (κ1) is 20.9. The lowest BCUT2D eigenvalue weighted by atomic mass is 10.1. The highest BCUT2D eigenvalue weighted by Gasteiger charge is 2.20. The van der Waals surface area contributed by atoms with Crippen molar-refractivity contribution in [2.75, 3.05) is 17.7 Å². The fourth-order valence-corrected chi connectivity index (χ4v) is 2.57. The topological polar surface area (TPSA) is 118 Å². The number of amides is 2. The Labute approximate surface area is 162 Å². The summed E-state index contributed by atoms with van der Waals surface area (Å²) >= 11 is 0. The molecule has 1 unspecified atom stereocenters. The zero-order chi connectivity index (χ0) is 20.8. The van der Waals surface area contributed by atoms with Gasteiger partial charge in [0.15, 0.2) is 11.6 Å². The maximum absolute atomic E-state index is 14.5. The zero-order valence-corrected chi connectivity index (χ0v) is 16.2. The van der Waals surface area contributed by atoms with E-state index in [0.717, 1.165) is 11.6 Å². The maximum Gasteiger partial charge on any atom is 0.252 e. The summed E-state index contributed by atoms with van der Waals surface area (Å²) in [5.41, 5.74) is 6.79. The van der Waals surface area contributed by atoms with Gasteiger partial charge >= 0.3 is 0 Å². The second-order valence-corrected chi connectivity index (χ2v) is 6.59. The quantitative estimate of drug-likeness (QED) is 0.387. The van der Waals surface area contributed by atoms with Gasteiger partial charge in [0.05, 0.1) is 12.7 Å². The number of ether oxygens (including phenoxy) is 1. The van der Waals surface area contributed by atoms with Crippen molar-refractivity contribution < 1.29 is 18.7 Å². The summed E-state index contributed by atoms with van der Waals surface area (Å²) in [5, 5.41) is 8.37. The van der Waals surface area contributed by atoms with Crippen LogP contribution in [0.2, 0.25) is 0 Å². The first-order chi connectivity index (χ1) is 13.2. The molecule has 0 bridgehead atoms. The molecule has 150 valence electrons. The number of methoxy groups -OCH3 is 1. The SMILES string of the molecule is COc1cc(C)cc(Nc2nc(NC(NC=O)C(C)C)c(F)cc2C(N)=O)c1. The van der Waals surface area contributed by atoms with Gasteiger partial charge in [-0.15, -0.1) is 0 Å². The van der Waals surface area contributed by atoms with Crippen LogP contribution in [0.4, 0.5) is 21.7 Å². The number of aromatic nitrogens is 1. The highest BCUT2D eigenvalue weighted by molar-refractivity contribution is 5.98. The molecule has 0 spiro atoms. The van der Waals surface area contributed by atoms with Crippen LogP contribution in [0.1, 0.15) is 29.8 Å². The molecular weight excluding hydrogens is 365 g/mol. The molecule has 1 aromatic heterocycles. The number of carbonyl (C=O) groups excluding carboxylic acids is 2. The van der Waals surface area contributed by atoms with E-state index in [9.17, 15) is 14.0 Å². The molecule has 0 saturated heterocycles. The molecular formula is C19H24FN5O3. The summed E-state index contributed by atoms with van der Waals surface area (Å²) in [7, 11) is 1.54. The molecule has 0 aliphatic rings. The van der Waals surface area contributed by atoms with Crippen LogP contribution in [0.25, 0.3) is 0 Å². The van der Waals surface area contributed by atoms with E-state index in [-0.39, 0.29) is 23.1 Å². The Morgan fingerprint density at radius 2 is 1.96 bits per heavy atom. The molecule has 0 radical (unpaired) electrons. The van der Waals surface area contributed by atoms with Crippen molar-refractivity contribution in [2.45, 2.75) is 26.9 Å². The van der Waals surface area contributed by atoms with Crippen LogP contribution in [0.5, 0.6) is 5.75 Å². The maximum atomic E-state index is 14.5. The summed E-state index contributed by atoms with van der Waals surface area (Å²) in [5.74, 6) is -1.07. The fourth-order valence-electron chi connectivity index (χ4n) is 2.57. The Bertz CT molecular complexity index is 873. The van der Waals surface area contributed by atoms with E-state index < -0.39 is 17.9 Å². The number of nitrogens with one attached hydrogen (secondary N) is 3. The Morgan fingerprint density at radius 3 is 2.54 bits per heavy atom. The Kier molecular flexibility index (Phi) is 6.75. The van der Waals surface area contributed by atoms with Crippen LogP contribution in [0.15, 0.2) is 24.3 Å². The van der Waals surface area contributed by atoms with E-state index in [1.54, 1.807) is 6.07 Å². The average Bonchev–Trinajstić information content (AvgIpc) is 2.62. The van der Waals surface area contributed by atoms with E-state index in [1.807, 2.05) is 32.9 Å². The van der Waals surface area contributed by atoms with Crippen LogP contribution >= 0.6 is 0 Å². The second-order valence-electron chi connectivity index (χ2n) is 6.59. The number of carbonyl (C=O) groups is 2. The van der Waals surface area contributed by atoms with Crippen molar-refractivity contribution in [1.29, 1.82) is 0 Å². The third-order valence-corrected chi connectivity index (χ3v) is 4.00. The number of rotatable bonds is 9. The van der Waals surface area contributed by atoms with Gasteiger partial charge in [0.1, 0.15) is 17.7 Å². The standard InChI is InChI=1S/C19H24FN5O3/c1-10(2)17(22-9-26)24-19-15(20)8-14(16(21)27)18(25-19)23-12-5-11(3)6-13(7-12)28-4/h5-10,17H,1-4H3,(H2,21,27)(H,22,26)(H2,23,24,25). The van der Waals surface area contributed by atoms with Crippen LogP contribution in [0, 0.1) is 18.7 Å². The summed E-state index contributed by atoms with van der Waals surface area (Å²) < 4.78 is 19.7. The van der Waals surface area contributed by atoms with Gasteiger partial charge in [-0.3, -0.25) is 9.59 Å². The summed E-state index contributed by atoms with van der Waals surface area (Å²) in [6.45, 7) is 5.58. The first-order valence-electron chi connectivity index (χ1n) is 8.64. The van der Waals surface area contributed by atoms with Gasteiger partial charge in [0, 0.05) is 11.8 Å².